The molecule has 5 nitrogen and oxygen atoms in total. The van der Waals surface area contributed by atoms with E-state index in [0.29, 0.717) is 30.7 Å². The minimum absolute atomic E-state index is 0.0441. The Morgan fingerprint density at radius 2 is 1.95 bits per heavy atom. The van der Waals surface area contributed by atoms with Gasteiger partial charge in [-0.05, 0) is 36.4 Å². The Bertz CT molecular complexity index is 459. The maximum Gasteiger partial charge on any atom is 0.311 e. The Morgan fingerprint density at radius 3 is 2.52 bits per heavy atom. The van der Waals surface area contributed by atoms with Gasteiger partial charge in [-0.1, -0.05) is 33.8 Å². The van der Waals surface area contributed by atoms with Crippen molar-refractivity contribution in [1.82, 2.24) is 5.32 Å². The molecule has 0 radical (unpaired) electrons. The fourth-order valence-corrected chi connectivity index (χ4v) is 1.85. The molecule has 0 aliphatic heterocycles. The molecule has 1 aromatic rings. The topological polar surface area (TPSA) is 64.4 Å². The van der Waals surface area contributed by atoms with Crippen molar-refractivity contribution in [3.63, 3.8) is 0 Å². The van der Waals surface area contributed by atoms with Crippen LogP contribution in [-0.4, -0.2) is 18.1 Å². The SMILES string of the molecule is CC(C)CCOc1ccc(CNCC(C)C)cc1[N+](=O)[O-]. The Morgan fingerprint density at radius 1 is 1.24 bits per heavy atom. The summed E-state index contributed by atoms with van der Waals surface area (Å²) in [5, 5.41) is 14.4. The van der Waals surface area contributed by atoms with E-state index < -0.39 is 0 Å². The highest BCUT2D eigenvalue weighted by atomic mass is 16.6. The van der Waals surface area contributed by atoms with E-state index in [2.05, 4.69) is 33.0 Å². The molecule has 1 aromatic carbocycles. The third-order valence-electron chi connectivity index (χ3n) is 3.05. The minimum Gasteiger partial charge on any atom is -0.487 e. The second-order valence-electron chi connectivity index (χ2n) is 6.11. The van der Waals surface area contributed by atoms with Gasteiger partial charge in [0.25, 0.3) is 0 Å². The first-order chi connectivity index (χ1) is 9.90. The second kappa shape index (κ2) is 8.62. The number of hydrogen-bond donors (Lipinski definition) is 1. The number of ether oxygens (including phenoxy) is 1. The predicted octanol–water partition coefficient (Wildman–Crippen LogP) is 3.77. The van der Waals surface area contributed by atoms with E-state index in [0.717, 1.165) is 18.5 Å². The summed E-state index contributed by atoms with van der Waals surface area (Å²) in [4.78, 5) is 10.8. The smallest absolute Gasteiger partial charge is 0.311 e. The molecule has 0 spiro atoms. The number of nitro benzene ring substituents is 1. The lowest BCUT2D eigenvalue weighted by atomic mass is 10.1. The van der Waals surface area contributed by atoms with Crippen LogP contribution in [0.3, 0.4) is 0 Å². The molecule has 0 amide bonds. The van der Waals surface area contributed by atoms with Crippen molar-refractivity contribution >= 4 is 5.69 Å². The van der Waals surface area contributed by atoms with Gasteiger partial charge in [-0.2, -0.15) is 0 Å². The van der Waals surface area contributed by atoms with E-state index in [1.807, 2.05) is 6.07 Å². The quantitative estimate of drug-likeness (QED) is 0.556. The monoisotopic (exact) mass is 294 g/mol. The molecule has 0 aliphatic rings. The molecule has 0 bridgehead atoms. The van der Waals surface area contributed by atoms with Crippen molar-refractivity contribution in [2.45, 2.75) is 40.7 Å². The van der Waals surface area contributed by atoms with Gasteiger partial charge in [0.05, 0.1) is 11.5 Å². The standard InChI is InChI=1S/C16H26N2O3/c1-12(2)7-8-21-16-6-5-14(9-15(16)18(19)20)11-17-10-13(3)4/h5-6,9,12-13,17H,7-8,10-11H2,1-4H3. The van der Waals surface area contributed by atoms with Crippen LogP contribution < -0.4 is 10.1 Å². The van der Waals surface area contributed by atoms with Crippen LogP contribution in [0, 0.1) is 22.0 Å². The van der Waals surface area contributed by atoms with Crippen LogP contribution in [0.25, 0.3) is 0 Å². The number of rotatable bonds is 9. The number of benzene rings is 1. The Balaban J connectivity index is 2.70. The lowest BCUT2D eigenvalue weighted by molar-refractivity contribution is -0.385. The minimum atomic E-state index is -0.378. The highest BCUT2D eigenvalue weighted by Crippen LogP contribution is 2.28. The molecule has 5 heteroatoms. The zero-order valence-corrected chi connectivity index (χ0v) is 13.4. The Kier molecular flexibility index (Phi) is 7.15. The highest BCUT2D eigenvalue weighted by Gasteiger charge is 2.16. The summed E-state index contributed by atoms with van der Waals surface area (Å²) in [5.74, 6) is 1.43. The van der Waals surface area contributed by atoms with Gasteiger partial charge in [0, 0.05) is 12.6 Å². The molecule has 0 heterocycles. The van der Waals surface area contributed by atoms with Gasteiger partial charge in [-0.15, -0.1) is 0 Å². The average Bonchev–Trinajstić information content (AvgIpc) is 2.39. The lowest BCUT2D eigenvalue weighted by Crippen LogP contribution is -2.19. The molecule has 0 aliphatic carbocycles. The molecule has 21 heavy (non-hydrogen) atoms. The fraction of sp³-hybridized carbons (Fsp3) is 0.625. The van der Waals surface area contributed by atoms with Crippen LogP contribution in [0.2, 0.25) is 0 Å². The van der Waals surface area contributed by atoms with Crippen molar-refractivity contribution in [3.8, 4) is 5.75 Å². The summed E-state index contributed by atoms with van der Waals surface area (Å²) in [6, 6.07) is 5.17. The predicted molar refractivity (Wildman–Crippen MR) is 84.6 cm³/mol. The zero-order valence-electron chi connectivity index (χ0n) is 13.4. The molecule has 0 aromatic heterocycles. The maximum absolute atomic E-state index is 11.2. The summed E-state index contributed by atoms with van der Waals surface area (Å²) in [7, 11) is 0. The van der Waals surface area contributed by atoms with Crippen LogP contribution in [-0.2, 0) is 6.54 Å². The molecule has 0 saturated heterocycles. The first-order valence-electron chi connectivity index (χ1n) is 7.51. The van der Waals surface area contributed by atoms with Crippen LogP contribution in [0.1, 0.15) is 39.7 Å². The summed E-state index contributed by atoms with van der Waals surface area (Å²) in [6.45, 7) is 10.5. The Hall–Kier alpha value is -1.62. The first-order valence-corrected chi connectivity index (χ1v) is 7.51. The van der Waals surface area contributed by atoms with Gasteiger partial charge in [0.1, 0.15) is 0 Å². The molecule has 0 fully saturated rings. The molecule has 1 rings (SSSR count). The van der Waals surface area contributed by atoms with Gasteiger partial charge in [0.2, 0.25) is 0 Å². The number of hydrogen-bond acceptors (Lipinski definition) is 4. The maximum atomic E-state index is 11.2. The average molecular weight is 294 g/mol. The van der Waals surface area contributed by atoms with Crippen molar-refractivity contribution in [2.75, 3.05) is 13.2 Å². The van der Waals surface area contributed by atoms with Crippen molar-refractivity contribution in [1.29, 1.82) is 0 Å². The van der Waals surface area contributed by atoms with Crippen molar-refractivity contribution in [3.05, 3.63) is 33.9 Å². The zero-order chi connectivity index (χ0) is 15.8. The highest BCUT2D eigenvalue weighted by molar-refractivity contribution is 5.48. The van der Waals surface area contributed by atoms with Crippen LogP contribution in [0.5, 0.6) is 5.75 Å². The van der Waals surface area contributed by atoms with E-state index in [4.69, 9.17) is 4.74 Å². The molecular formula is C16H26N2O3. The van der Waals surface area contributed by atoms with Gasteiger partial charge in [-0.3, -0.25) is 10.1 Å². The number of nitrogens with zero attached hydrogens (tertiary/aromatic N) is 1. The molecule has 0 atom stereocenters. The van der Waals surface area contributed by atoms with E-state index >= 15 is 0 Å². The van der Waals surface area contributed by atoms with Crippen molar-refractivity contribution < 1.29 is 9.66 Å². The second-order valence-corrected chi connectivity index (χ2v) is 6.11. The van der Waals surface area contributed by atoms with Crippen molar-refractivity contribution in [2.24, 2.45) is 11.8 Å². The summed E-state index contributed by atoms with van der Waals surface area (Å²) in [6.07, 6.45) is 0.884. The third kappa shape index (κ3) is 6.58. The van der Waals surface area contributed by atoms with E-state index in [1.54, 1.807) is 12.1 Å². The number of nitro groups is 1. The van der Waals surface area contributed by atoms with Gasteiger partial charge >= 0.3 is 5.69 Å². The van der Waals surface area contributed by atoms with Crippen LogP contribution >= 0.6 is 0 Å². The molecule has 1 N–H and O–H groups in total. The normalized spacial score (nSPS) is 11.1. The van der Waals surface area contributed by atoms with Gasteiger partial charge in [-0.25, -0.2) is 0 Å². The molecular weight excluding hydrogens is 268 g/mol. The van der Waals surface area contributed by atoms with E-state index in [1.165, 1.54) is 0 Å². The summed E-state index contributed by atoms with van der Waals surface area (Å²) < 4.78 is 5.54. The molecule has 0 unspecified atom stereocenters. The summed E-state index contributed by atoms with van der Waals surface area (Å²) >= 11 is 0. The molecule has 118 valence electrons. The number of nitrogens with one attached hydrogen (secondary N) is 1. The van der Waals surface area contributed by atoms with E-state index in [9.17, 15) is 10.1 Å². The van der Waals surface area contributed by atoms with Crippen LogP contribution in [0.15, 0.2) is 18.2 Å². The first kappa shape index (κ1) is 17.4. The molecule has 0 saturated carbocycles. The van der Waals surface area contributed by atoms with E-state index in [-0.39, 0.29) is 10.6 Å². The van der Waals surface area contributed by atoms with Gasteiger partial charge < -0.3 is 10.1 Å². The largest absolute Gasteiger partial charge is 0.487 e. The Labute approximate surface area is 126 Å². The lowest BCUT2D eigenvalue weighted by Gasteiger charge is -2.11. The fourth-order valence-electron chi connectivity index (χ4n) is 1.85. The third-order valence-corrected chi connectivity index (χ3v) is 3.05. The summed E-state index contributed by atoms with van der Waals surface area (Å²) in [5.41, 5.74) is 0.946. The van der Waals surface area contributed by atoms with Crippen LogP contribution in [0.4, 0.5) is 5.69 Å². The van der Waals surface area contributed by atoms with Gasteiger partial charge in [0.15, 0.2) is 5.75 Å².